The van der Waals surface area contributed by atoms with E-state index in [2.05, 4.69) is 20.6 Å². The van der Waals surface area contributed by atoms with Crippen LogP contribution >= 0.6 is 0 Å². The predicted octanol–water partition coefficient (Wildman–Crippen LogP) is -0.136. The second-order valence-corrected chi connectivity index (χ2v) is 2.86. The minimum Gasteiger partial charge on any atom is -0.399 e. The zero-order valence-corrected chi connectivity index (χ0v) is 7.25. The molecule has 2 aromatic rings. The Bertz CT molecular complexity index is 413. The van der Waals surface area contributed by atoms with E-state index in [1.165, 1.54) is 0 Å². The first kappa shape index (κ1) is 8.64. The quantitative estimate of drug-likeness (QED) is 0.574. The largest absolute Gasteiger partial charge is 0.399 e. The molecule has 0 aliphatic rings. The number of H-pyrrole nitrogens is 1. The summed E-state index contributed by atoms with van der Waals surface area (Å²) in [4.78, 5) is 0. The summed E-state index contributed by atoms with van der Waals surface area (Å²) in [6.07, 6.45) is -0.867. The first-order valence-electron chi connectivity index (χ1n) is 4.04. The van der Waals surface area contributed by atoms with Crippen LogP contribution in [0.25, 0.3) is 0 Å². The Morgan fingerprint density at radius 3 is 2.93 bits per heavy atom. The smallest absolute Gasteiger partial charge is 0.182 e. The zero-order valence-electron chi connectivity index (χ0n) is 7.25. The number of aliphatic hydroxyl groups excluding tert-OH is 1. The maximum atomic E-state index is 9.78. The highest BCUT2D eigenvalue weighted by Gasteiger charge is 2.13. The minimum atomic E-state index is -0.867. The first-order chi connectivity index (χ1) is 6.77. The molecule has 1 atom stereocenters. The van der Waals surface area contributed by atoms with Gasteiger partial charge in [0.15, 0.2) is 5.82 Å². The van der Waals surface area contributed by atoms with E-state index >= 15 is 0 Å². The molecule has 1 heterocycles. The molecule has 0 saturated carbocycles. The number of aliphatic hydroxyl groups is 1. The second-order valence-electron chi connectivity index (χ2n) is 2.86. The number of tetrazole rings is 1. The Morgan fingerprint density at radius 1 is 1.43 bits per heavy atom. The van der Waals surface area contributed by atoms with Gasteiger partial charge >= 0.3 is 0 Å². The summed E-state index contributed by atoms with van der Waals surface area (Å²) in [7, 11) is 0. The maximum absolute atomic E-state index is 9.78. The summed E-state index contributed by atoms with van der Waals surface area (Å²) in [5, 5.41) is 22.6. The molecule has 0 bridgehead atoms. The Hall–Kier alpha value is -1.95. The molecule has 14 heavy (non-hydrogen) atoms. The van der Waals surface area contributed by atoms with Gasteiger partial charge in [-0.1, -0.05) is 12.1 Å². The predicted molar refractivity (Wildman–Crippen MR) is 49.1 cm³/mol. The van der Waals surface area contributed by atoms with Crippen LogP contribution in [0.15, 0.2) is 24.3 Å². The molecule has 2 rings (SSSR count). The van der Waals surface area contributed by atoms with Crippen molar-refractivity contribution in [2.75, 3.05) is 5.73 Å². The molecule has 1 unspecified atom stereocenters. The number of nitrogens with two attached hydrogens (primary N) is 1. The molecule has 4 N–H and O–H groups in total. The van der Waals surface area contributed by atoms with E-state index in [1.807, 2.05) is 0 Å². The van der Waals surface area contributed by atoms with Crippen molar-refractivity contribution in [1.29, 1.82) is 0 Å². The van der Waals surface area contributed by atoms with Crippen molar-refractivity contribution in [1.82, 2.24) is 20.6 Å². The van der Waals surface area contributed by atoms with E-state index in [-0.39, 0.29) is 0 Å². The second kappa shape index (κ2) is 3.43. The minimum absolute atomic E-state index is 0.301. The van der Waals surface area contributed by atoms with Crippen molar-refractivity contribution >= 4 is 5.69 Å². The lowest BCUT2D eigenvalue weighted by molar-refractivity contribution is 0.210. The number of nitrogens with one attached hydrogen (secondary N) is 1. The fourth-order valence-electron chi connectivity index (χ4n) is 1.17. The number of nitrogens with zero attached hydrogens (tertiary/aromatic N) is 3. The summed E-state index contributed by atoms with van der Waals surface area (Å²) in [5.41, 5.74) is 6.82. The van der Waals surface area contributed by atoms with Crippen molar-refractivity contribution in [3.63, 3.8) is 0 Å². The molecule has 0 amide bonds. The number of hydrogen-bond acceptors (Lipinski definition) is 5. The van der Waals surface area contributed by atoms with Crippen molar-refractivity contribution < 1.29 is 5.11 Å². The van der Waals surface area contributed by atoms with Gasteiger partial charge in [-0.25, -0.2) is 5.10 Å². The molecule has 0 fully saturated rings. The topological polar surface area (TPSA) is 101 Å². The van der Waals surface area contributed by atoms with Gasteiger partial charge < -0.3 is 10.8 Å². The van der Waals surface area contributed by atoms with E-state index < -0.39 is 6.10 Å². The van der Waals surface area contributed by atoms with Crippen LogP contribution in [0.1, 0.15) is 17.5 Å². The van der Waals surface area contributed by atoms with Crippen molar-refractivity contribution in [2.45, 2.75) is 6.10 Å². The maximum Gasteiger partial charge on any atom is 0.182 e. The number of anilines is 1. The average molecular weight is 191 g/mol. The van der Waals surface area contributed by atoms with Gasteiger partial charge in [0.2, 0.25) is 0 Å². The van der Waals surface area contributed by atoms with Gasteiger partial charge in [0.05, 0.1) is 0 Å². The van der Waals surface area contributed by atoms with E-state index in [1.54, 1.807) is 24.3 Å². The third kappa shape index (κ3) is 1.55. The van der Waals surface area contributed by atoms with Gasteiger partial charge in [0.25, 0.3) is 0 Å². The summed E-state index contributed by atoms with van der Waals surface area (Å²) in [6.45, 7) is 0. The Kier molecular flexibility index (Phi) is 2.11. The SMILES string of the molecule is Nc1cccc(C(O)c2nnn[nH]2)c1. The average Bonchev–Trinajstić information content (AvgIpc) is 2.69. The van der Waals surface area contributed by atoms with Gasteiger partial charge in [0.1, 0.15) is 6.10 Å². The summed E-state index contributed by atoms with van der Waals surface area (Å²) >= 11 is 0. The van der Waals surface area contributed by atoms with E-state index in [0.717, 1.165) is 0 Å². The third-order valence-electron chi connectivity index (χ3n) is 1.85. The molecule has 0 aliphatic heterocycles. The molecule has 0 spiro atoms. The number of nitrogen functional groups attached to an aromatic ring is 1. The number of hydrogen-bond donors (Lipinski definition) is 3. The number of benzene rings is 1. The lowest BCUT2D eigenvalue weighted by Gasteiger charge is -2.06. The summed E-state index contributed by atoms with van der Waals surface area (Å²) in [5.74, 6) is 0.301. The van der Waals surface area contributed by atoms with Crippen LogP contribution in [0.3, 0.4) is 0 Å². The summed E-state index contributed by atoms with van der Waals surface area (Å²) < 4.78 is 0. The molecule has 1 aromatic heterocycles. The Labute approximate surface area is 79.8 Å². The van der Waals surface area contributed by atoms with Gasteiger partial charge in [-0.05, 0) is 28.1 Å². The highest BCUT2D eigenvalue weighted by Crippen LogP contribution is 2.19. The molecule has 6 heteroatoms. The van der Waals surface area contributed by atoms with Crippen LogP contribution in [-0.2, 0) is 0 Å². The monoisotopic (exact) mass is 191 g/mol. The fraction of sp³-hybridized carbons (Fsp3) is 0.125. The van der Waals surface area contributed by atoms with Crippen molar-refractivity contribution in [3.05, 3.63) is 35.7 Å². The molecule has 1 aromatic carbocycles. The zero-order chi connectivity index (χ0) is 9.97. The number of rotatable bonds is 2. The van der Waals surface area contributed by atoms with Crippen molar-refractivity contribution in [2.24, 2.45) is 0 Å². The number of aromatic nitrogens is 4. The number of aromatic amines is 1. The van der Waals surface area contributed by atoms with Gasteiger partial charge in [-0.2, -0.15) is 0 Å². The molecule has 6 nitrogen and oxygen atoms in total. The van der Waals surface area contributed by atoms with Crippen LogP contribution in [0.4, 0.5) is 5.69 Å². The van der Waals surface area contributed by atoms with Crippen LogP contribution < -0.4 is 5.73 Å². The summed E-state index contributed by atoms with van der Waals surface area (Å²) in [6, 6.07) is 6.93. The fourth-order valence-corrected chi connectivity index (χ4v) is 1.17. The van der Waals surface area contributed by atoms with E-state index in [4.69, 9.17) is 5.73 Å². The highest BCUT2D eigenvalue weighted by atomic mass is 16.3. The van der Waals surface area contributed by atoms with Crippen LogP contribution in [0, 0.1) is 0 Å². The van der Waals surface area contributed by atoms with Crippen LogP contribution in [-0.4, -0.2) is 25.7 Å². The normalized spacial score (nSPS) is 12.6. The van der Waals surface area contributed by atoms with Gasteiger partial charge in [0, 0.05) is 5.69 Å². The Balaban J connectivity index is 2.32. The van der Waals surface area contributed by atoms with E-state index in [9.17, 15) is 5.11 Å². The molecule has 72 valence electrons. The lowest BCUT2D eigenvalue weighted by atomic mass is 10.1. The van der Waals surface area contributed by atoms with E-state index in [0.29, 0.717) is 17.1 Å². The highest BCUT2D eigenvalue weighted by molar-refractivity contribution is 5.42. The lowest BCUT2D eigenvalue weighted by Crippen LogP contribution is -2.02. The van der Waals surface area contributed by atoms with Gasteiger partial charge in [-0.15, -0.1) is 5.10 Å². The third-order valence-corrected chi connectivity index (χ3v) is 1.85. The molecule has 0 aliphatic carbocycles. The molecular weight excluding hydrogens is 182 g/mol. The standard InChI is InChI=1S/C8H9N5O/c9-6-3-1-2-5(4-6)7(14)8-10-12-13-11-8/h1-4,7,14H,9H2,(H,10,11,12,13). The van der Waals surface area contributed by atoms with Gasteiger partial charge in [-0.3, -0.25) is 0 Å². The van der Waals surface area contributed by atoms with Crippen LogP contribution in [0.5, 0.6) is 0 Å². The molecule has 0 saturated heterocycles. The van der Waals surface area contributed by atoms with Crippen LogP contribution in [0.2, 0.25) is 0 Å². The first-order valence-corrected chi connectivity index (χ1v) is 4.04. The molecular formula is C8H9N5O. The van der Waals surface area contributed by atoms with Crippen molar-refractivity contribution in [3.8, 4) is 0 Å². The Morgan fingerprint density at radius 2 is 2.29 bits per heavy atom. The molecule has 0 radical (unpaired) electrons.